The third-order valence-corrected chi connectivity index (χ3v) is 6.62. The number of aromatic nitrogens is 2. The molecule has 172 valence electrons. The van der Waals surface area contributed by atoms with Crippen molar-refractivity contribution < 1.29 is 13.2 Å². The van der Waals surface area contributed by atoms with E-state index in [4.69, 9.17) is 9.41 Å². The number of hydrogen-bond donors (Lipinski definition) is 0. The number of imidazole rings is 1. The molecule has 0 aliphatic heterocycles. The standard InChI is InChI=1S/C27H30F2N2OSi/c1-17-25(18-10-8-7-9-11-18)30-22-15-12-19(16-31(17)22)20-13-14-21(28)23(24(20)29)26(27(2,3)4)32-33(5)6/h7-16,26,33H,1-6H3. The number of nitrogens with zero attached hydrogens (tertiary/aromatic N) is 2. The summed E-state index contributed by atoms with van der Waals surface area (Å²) in [5, 5.41) is 0. The van der Waals surface area contributed by atoms with E-state index in [2.05, 4.69) is 0 Å². The van der Waals surface area contributed by atoms with Gasteiger partial charge in [0.05, 0.1) is 17.4 Å². The number of pyridine rings is 1. The maximum atomic E-state index is 15.9. The highest BCUT2D eigenvalue weighted by molar-refractivity contribution is 6.48. The lowest BCUT2D eigenvalue weighted by atomic mass is 9.83. The Morgan fingerprint density at radius 3 is 2.27 bits per heavy atom. The lowest BCUT2D eigenvalue weighted by Gasteiger charge is -2.33. The molecule has 0 saturated heterocycles. The predicted molar refractivity (Wildman–Crippen MR) is 133 cm³/mol. The van der Waals surface area contributed by atoms with Gasteiger partial charge in [0.2, 0.25) is 0 Å². The van der Waals surface area contributed by atoms with Crippen molar-refractivity contribution in [2.45, 2.75) is 46.9 Å². The summed E-state index contributed by atoms with van der Waals surface area (Å²) >= 11 is 0. The second-order valence-corrected chi connectivity index (χ2v) is 12.2. The van der Waals surface area contributed by atoms with Crippen molar-refractivity contribution in [3.05, 3.63) is 83.7 Å². The number of halogens is 2. The number of rotatable bonds is 5. The molecule has 0 fully saturated rings. The van der Waals surface area contributed by atoms with Gasteiger partial charge in [0.15, 0.2) is 9.04 Å². The Hall–Kier alpha value is -2.83. The molecule has 0 aliphatic rings. The first-order valence-electron chi connectivity index (χ1n) is 11.3. The second kappa shape index (κ2) is 8.84. The fraction of sp³-hybridized carbons (Fsp3) is 0.296. The van der Waals surface area contributed by atoms with Gasteiger partial charge >= 0.3 is 0 Å². The van der Waals surface area contributed by atoms with Crippen molar-refractivity contribution in [3.63, 3.8) is 0 Å². The Morgan fingerprint density at radius 1 is 0.939 bits per heavy atom. The summed E-state index contributed by atoms with van der Waals surface area (Å²) < 4.78 is 39.0. The highest BCUT2D eigenvalue weighted by Gasteiger charge is 2.33. The molecular weight excluding hydrogens is 434 g/mol. The molecule has 0 saturated carbocycles. The zero-order valence-electron chi connectivity index (χ0n) is 20.0. The van der Waals surface area contributed by atoms with Crippen LogP contribution in [-0.2, 0) is 4.43 Å². The minimum atomic E-state index is -1.54. The predicted octanol–water partition coefficient (Wildman–Crippen LogP) is 7.34. The lowest BCUT2D eigenvalue weighted by molar-refractivity contribution is 0.0796. The van der Waals surface area contributed by atoms with Gasteiger partial charge in [-0.1, -0.05) is 51.1 Å². The number of aryl methyl sites for hydroxylation is 1. The molecule has 33 heavy (non-hydrogen) atoms. The van der Waals surface area contributed by atoms with Crippen molar-refractivity contribution >= 4 is 14.7 Å². The van der Waals surface area contributed by atoms with E-state index in [0.717, 1.165) is 22.6 Å². The first-order chi connectivity index (χ1) is 15.6. The Labute approximate surface area is 195 Å². The van der Waals surface area contributed by atoms with Crippen molar-refractivity contribution in [3.8, 4) is 22.4 Å². The summed E-state index contributed by atoms with van der Waals surface area (Å²) in [6.07, 6.45) is 1.21. The fourth-order valence-electron chi connectivity index (χ4n) is 4.20. The molecule has 6 heteroatoms. The van der Waals surface area contributed by atoms with Gasteiger partial charge in [0.25, 0.3) is 0 Å². The Kier molecular flexibility index (Phi) is 6.25. The molecule has 1 unspecified atom stereocenters. The Balaban J connectivity index is 1.85. The molecule has 0 radical (unpaired) electrons. The molecule has 0 N–H and O–H groups in total. The molecular formula is C27H30F2N2OSi. The summed E-state index contributed by atoms with van der Waals surface area (Å²) in [7, 11) is -1.54. The second-order valence-electron chi connectivity index (χ2n) is 9.81. The highest BCUT2D eigenvalue weighted by Crippen LogP contribution is 2.41. The molecule has 4 rings (SSSR count). The van der Waals surface area contributed by atoms with E-state index in [1.165, 1.54) is 12.1 Å². The fourth-order valence-corrected chi connectivity index (χ4v) is 5.29. The smallest absolute Gasteiger partial charge is 0.171 e. The summed E-state index contributed by atoms with van der Waals surface area (Å²) in [5.41, 5.74) is 4.22. The van der Waals surface area contributed by atoms with Crippen LogP contribution in [0.2, 0.25) is 13.1 Å². The van der Waals surface area contributed by atoms with Crippen LogP contribution >= 0.6 is 0 Å². The molecule has 0 bridgehead atoms. The van der Waals surface area contributed by atoms with E-state index in [-0.39, 0.29) is 5.56 Å². The normalized spacial score (nSPS) is 13.1. The number of fused-ring (bicyclic) bond motifs is 1. The van der Waals surface area contributed by atoms with Crippen LogP contribution in [0.25, 0.3) is 28.0 Å². The average molecular weight is 465 g/mol. The van der Waals surface area contributed by atoms with E-state index in [9.17, 15) is 4.39 Å². The van der Waals surface area contributed by atoms with Crippen LogP contribution in [0.4, 0.5) is 8.78 Å². The van der Waals surface area contributed by atoms with Gasteiger partial charge in [0, 0.05) is 28.6 Å². The first-order valence-corrected chi connectivity index (χ1v) is 14.0. The average Bonchev–Trinajstić information content (AvgIpc) is 3.09. The van der Waals surface area contributed by atoms with Gasteiger partial charge in [-0.15, -0.1) is 0 Å². The summed E-state index contributed by atoms with van der Waals surface area (Å²) in [6, 6.07) is 16.5. The molecule has 0 aliphatic carbocycles. The maximum Gasteiger partial charge on any atom is 0.171 e. The van der Waals surface area contributed by atoms with Crippen LogP contribution in [0.1, 0.15) is 38.1 Å². The molecule has 0 amide bonds. The van der Waals surface area contributed by atoms with Crippen LogP contribution in [-0.4, -0.2) is 18.4 Å². The summed E-state index contributed by atoms with van der Waals surface area (Å²) in [6.45, 7) is 11.9. The molecule has 0 spiro atoms. The van der Waals surface area contributed by atoms with Crippen molar-refractivity contribution in [2.24, 2.45) is 5.41 Å². The largest absolute Gasteiger partial charge is 0.413 e. The zero-order chi connectivity index (χ0) is 23.9. The topological polar surface area (TPSA) is 26.5 Å². The van der Waals surface area contributed by atoms with Crippen molar-refractivity contribution in [1.82, 2.24) is 9.38 Å². The quantitative estimate of drug-likeness (QED) is 0.289. The SMILES string of the molecule is Cc1c(-c2ccccc2)nc2ccc(-c3ccc(F)c(C(O[SiH](C)C)C(C)(C)C)c3F)cn12. The van der Waals surface area contributed by atoms with Crippen molar-refractivity contribution in [2.75, 3.05) is 0 Å². The summed E-state index contributed by atoms with van der Waals surface area (Å²) in [4.78, 5) is 4.76. The molecule has 2 aromatic heterocycles. The van der Waals surface area contributed by atoms with E-state index in [1.54, 1.807) is 0 Å². The van der Waals surface area contributed by atoms with Gasteiger partial charge in [-0.3, -0.25) is 0 Å². The van der Waals surface area contributed by atoms with Crippen LogP contribution < -0.4 is 0 Å². The van der Waals surface area contributed by atoms with Crippen LogP contribution in [0, 0.1) is 24.0 Å². The third-order valence-electron chi connectivity index (χ3n) is 5.80. The maximum absolute atomic E-state index is 15.9. The van der Waals surface area contributed by atoms with Crippen molar-refractivity contribution in [1.29, 1.82) is 0 Å². The molecule has 2 aromatic carbocycles. The van der Waals surface area contributed by atoms with Gasteiger partial charge in [-0.2, -0.15) is 0 Å². The molecule has 4 aromatic rings. The Bertz CT molecular complexity index is 1290. The van der Waals surface area contributed by atoms with E-state index in [0.29, 0.717) is 11.1 Å². The van der Waals surface area contributed by atoms with Crippen LogP contribution in [0.5, 0.6) is 0 Å². The van der Waals surface area contributed by atoms with Gasteiger partial charge in [0.1, 0.15) is 17.3 Å². The highest BCUT2D eigenvalue weighted by atomic mass is 28.3. The molecule has 1 atom stereocenters. The van der Waals surface area contributed by atoms with Crippen LogP contribution in [0.15, 0.2) is 60.8 Å². The monoisotopic (exact) mass is 464 g/mol. The van der Waals surface area contributed by atoms with Gasteiger partial charge in [-0.25, -0.2) is 13.8 Å². The van der Waals surface area contributed by atoms with Gasteiger partial charge in [-0.05, 0) is 49.7 Å². The zero-order valence-corrected chi connectivity index (χ0v) is 21.1. The van der Waals surface area contributed by atoms with Crippen LogP contribution in [0.3, 0.4) is 0 Å². The lowest BCUT2D eigenvalue weighted by Crippen LogP contribution is -2.27. The molecule has 2 heterocycles. The minimum Gasteiger partial charge on any atom is -0.413 e. The van der Waals surface area contributed by atoms with E-state index in [1.807, 2.05) is 93.9 Å². The minimum absolute atomic E-state index is 0.00799. The van der Waals surface area contributed by atoms with E-state index >= 15 is 4.39 Å². The molecule has 3 nitrogen and oxygen atoms in total. The number of hydrogen-bond acceptors (Lipinski definition) is 2. The van der Waals surface area contributed by atoms with E-state index < -0.39 is 32.2 Å². The number of benzene rings is 2. The first kappa shape index (κ1) is 23.3. The summed E-state index contributed by atoms with van der Waals surface area (Å²) in [5.74, 6) is -1.14. The Morgan fingerprint density at radius 2 is 1.64 bits per heavy atom. The van der Waals surface area contributed by atoms with Gasteiger partial charge < -0.3 is 8.83 Å². The third kappa shape index (κ3) is 4.50.